The summed E-state index contributed by atoms with van der Waals surface area (Å²) < 4.78 is 1.92. The van der Waals surface area contributed by atoms with Gasteiger partial charge in [0.25, 0.3) is 0 Å². The third kappa shape index (κ3) is 3.21. The van der Waals surface area contributed by atoms with E-state index in [1.807, 2.05) is 41.0 Å². The van der Waals surface area contributed by atoms with E-state index in [1.165, 1.54) is 0 Å². The molecule has 3 aromatic rings. The third-order valence-electron chi connectivity index (χ3n) is 4.01. The minimum atomic E-state index is -1.01. The minimum absolute atomic E-state index is 0.220. The van der Waals surface area contributed by atoms with Crippen molar-refractivity contribution in [1.82, 2.24) is 4.57 Å². The predicted octanol–water partition coefficient (Wildman–Crippen LogP) is 2.14. The molecule has 0 aliphatic carbocycles. The van der Waals surface area contributed by atoms with Gasteiger partial charge in [0, 0.05) is 30.2 Å². The molecule has 0 fully saturated rings. The Hall–Kier alpha value is -2.92. The molecule has 5 heteroatoms. The fraction of sp³-hybridized carbons (Fsp3) is 0.158. The lowest BCUT2D eigenvalue weighted by Crippen LogP contribution is -2.18. The van der Waals surface area contributed by atoms with E-state index >= 15 is 0 Å². The van der Waals surface area contributed by atoms with Crippen molar-refractivity contribution in [3.8, 4) is 0 Å². The Morgan fingerprint density at radius 2 is 1.71 bits per heavy atom. The van der Waals surface area contributed by atoms with Crippen molar-refractivity contribution in [1.29, 1.82) is 0 Å². The number of rotatable bonds is 5. The average molecular weight is 322 g/mol. The molecule has 2 aromatic carbocycles. The molecule has 3 N–H and O–H groups in total. The molecule has 0 bridgehead atoms. The Labute approximate surface area is 139 Å². The van der Waals surface area contributed by atoms with Crippen LogP contribution in [0.4, 0.5) is 0 Å². The highest BCUT2D eigenvalue weighted by Crippen LogP contribution is 2.15. The maximum absolute atomic E-state index is 12.5. The predicted molar refractivity (Wildman–Crippen MR) is 93.0 cm³/mol. The van der Waals surface area contributed by atoms with Crippen LogP contribution in [0.5, 0.6) is 0 Å². The standard InChI is InChI=1S/C19H18N2O3/c20-10-13-5-7-14(8-6-13)11-21-12-15(9-18(22)23)19(24)16-3-1-2-4-17(16)21/h1-8,12H,9-11,20H2,(H,22,23). The van der Waals surface area contributed by atoms with Crippen molar-refractivity contribution >= 4 is 16.9 Å². The summed E-state index contributed by atoms with van der Waals surface area (Å²) in [5, 5.41) is 9.58. The number of fused-ring (bicyclic) bond motifs is 1. The first-order chi connectivity index (χ1) is 11.6. The second kappa shape index (κ2) is 6.68. The molecule has 0 spiro atoms. The van der Waals surface area contributed by atoms with Crippen molar-refractivity contribution in [3.05, 3.63) is 81.6 Å². The summed E-state index contributed by atoms with van der Waals surface area (Å²) in [4.78, 5) is 23.5. The van der Waals surface area contributed by atoms with Gasteiger partial charge in [-0.3, -0.25) is 9.59 Å². The number of hydrogen-bond donors (Lipinski definition) is 2. The molecule has 0 aliphatic heterocycles. The highest BCUT2D eigenvalue weighted by molar-refractivity contribution is 5.81. The second-order valence-electron chi connectivity index (χ2n) is 5.72. The second-order valence-corrected chi connectivity index (χ2v) is 5.72. The van der Waals surface area contributed by atoms with Crippen molar-refractivity contribution in [2.24, 2.45) is 5.73 Å². The number of aromatic nitrogens is 1. The molecule has 0 radical (unpaired) electrons. The Morgan fingerprint density at radius 1 is 1.04 bits per heavy atom. The molecule has 1 aromatic heterocycles. The molecule has 5 nitrogen and oxygen atoms in total. The lowest BCUT2D eigenvalue weighted by molar-refractivity contribution is -0.136. The number of nitrogens with two attached hydrogens (primary N) is 1. The van der Waals surface area contributed by atoms with Gasteiger partial charge >= 0.3 is 5.97 Å². The lowest BCUT2D eigenvalue weighted by Gasteiger charge is -2.13. The monoisotopic (exact) mass is 322 g/mol. The molecular formula is C19H18N2O3. The number of aliphatic carboxylic acids is 1. The molecular weight excluding hydrogens is 304 g/mol. The van der Waals surface area contributed by atoms with E-state index in [4.69, 9.17) is 10.8 Å². The summed E-state index contributed by atoms with van der Waals surface area (Å²) in [6, 6.07) is 15.2. The van der Waals surface area contributed by atoms with E-state index in [2.05, 4.69) is 0 Å². The summed E-state index contributed by atoms with van der Waals surface area (Å²) in [5.74, 6) is -1.01. The van der Waals surface area contributed by atoms with E-state index in [0.29, 0.717) is 24.0 Å². The number of benzene rings is 2. The quantitative estimate of drug-likeness (QED) is 0.753. The van der Waals surface area contributed by atoms with E-state index in [-0.39, 0.29) is 11.8 Å². The van der Waals surface area contributed by atoms with E-state index in [0.717, 1.165) is 16.6 Å². The number of pyridine rings is 1. The summed E-state index contributed by atoms with van der Waals surface area (Å²) in [7, 11) is 0. The van der Waals surface area contributed by atoms with Crippen molar-refractivity contribution in [2.45, 2.75) is 19.5 Å². The summed E-state index contributed by atoms with van der Waals surface area (Å²) in [6.07, 6.45) is 1.37. The Kier molecular flexibility index (Phi) is 4.44. The molecule has 0 saturated heterocycles. The fourth-order valence-corrected chi connectivity index (χ4v) is 2.80. The van der Waals surface area contributed by atoms with Gasteiger partial charge in [-0.15, -0.1) is 0 Å². The first-order valence-electron chi connectivity index (χ1n) is 7.69. The number of para-hydroxylation sites is 1. The minimum Gasteiger partial charge on any atom is -0.481 e. The van der Waals surface area contributed by atoms with Crippen LogP contribution in [0.3, 0.4) is 0 Å². The zero-order chi connectivity index (χ0) is 17.1. The van der Waals surface area contributed by atoms with Crippen molar-refractivity contribution in [3.63, 3.8) is 0 Å². The van der Waals surface area contributed by atoms with Gasteiger partial charge < -0.3 is 15.4 Å². The van der Waals surface area contributed by atoms with Crippen LogP contribution in [0.15, 0.2) is 59.5 Å². The first kappa shape index (κ1) is 16.0. The van der Waals surface area contributed by atoms with Crippen LogP contribution in [0.25, 0.3) is 10.9 Å². The number of nitrogens with zero attached hydrogens (tertiary/aromatic N) is 1. The molecule has 0 aliphatic rings. The van der Waals surface area contributed by atoms with Gasteiger partial charge in [0.1, 0.15) is 0 Å². The summed E-state index contributed by atoms with van der Waals surface area (Å²) >= 11 is 0. The van der Waals surface area contributed by atoms with Gasteiger partial charge in [-0.1, -0.05) is 36.4 Å². The van der Waals surface area contributed by atoms with Crippen molar-refractivity contribution in [2.75, 3.05) is 0 Å². The summed E-state index contributed by atoms with van der Waals surface area (Å²) in [6.45, 7) is 1.04. The number of carboxylic acid groups (broad SMARTS) is 1. The van der Waals surface area contributed by atoms with Crippen LogP contribution in [0.2, 0.25) is 0 Å². The van der Waals surface area contributed by atoms with Gasteiger partial charge in [0.2, 0.25) is 0 Å². The Balaban J connectivity index is 2.09. The summed E-state index contributed by atoms with van der Waals surface area (Å²) in [5.41, 5.74) is 8.59. The molecule has 0 saturated carbocycles. The SMILES string of the molecule is NCc1ccc(Cn2cc(CC(=O)O)c(=O)c3ccccc32)cc1. The Morgan fingerprint density at radius 3 is 2.38 bits per heavy atom. The van der Waals surface area contributed by atoms with Gasteiger partial charge in [0.15, 0.2) is 5.43 Å². The van der Waals surface area contributed by atoms with Gasteiger partial charge in [-0.25, -0.2) is 0 Å². The largest absolute Gasteiger partial charge is 0.481 e. The third-order valence-corrected chi connectivity index (χ3v) is 4.01. The maximum atomic E-state index is 12.5. The topological polar surface area (TPSA) is 85.3 Å². The van der Waals surface area contributed by atoms with Crippen LogP contribution in [0, 0.1) is 0 Å². The zero-order valence-electron chi connectivity index (χ0n) is 13.1. The van der Waals surface area contributed by atoms with Gasteiger partial charge in [-0.05, 0) is 23.3 Å². The number of carboxylic acids is 1. The van der Waals surface area contributed by atoms with Crippen LogP contribution in [-0.2, 0) is 24.3 Å². The smallest absolute Gasteiger partial charge is 0.308 e. The number of hydrogen-bond acceptors (Lipinski definition) is 3. The fourth-order valence-electron chi connectivity index (χ4n) is 2.80. The average Bonchev–Trinajstić information content (AvgIpc) is 2.59. The van der Waals surface area contributed by atoms with Crippen LogP contribution in [0.1, 0.15) is 16.7 Å². The van der Waals surface area contributed by atoms with Crippen LogP contribution in [-0.4, -0.2) is 15.6 Å². The first-order valence-corrected chi connectivity index (χ1v) is 7.69. The maximum Gasteiger partial charge on any atom is 0.308 e. The van der Waals surface area contributed by atoms with Gasteiger partial charge in [0.05, 0.1) is 11.9 Å². The molecule has 3 rings (SSSR count). The highest BCUT2D eigenvalue weighted by Gasteiger charge is 2.11. The van der Waals surface area contributed by atoms with E-state index in [9.17, 15) is 9.59 Å². The molecule has 1 heterocycles. The van der Waals surface area contributed by atoms with E-state index in [1.54, 1.807) is 18.3 Å². The van der Waals surface area contributed by atoms with Gasteiger partial charge in [-0.2, -0.15) is 0 Å². The zero-order valence-corrected chi connectivity index (χ0v) is 13.1. The molecule has 24 heavy (non-hydrogen) atoms. The molecule has 0 amide bonds. The van der Waals surface area contributed by atoms with E-state index < -0.39 is 5.97 Å². The normalized spacial score (nSPS) is 10.9. The van der Waals surface area contributed by atoms with Crippen molar-refractivity contribution < 1.29 is 9.90 Å². The number of carbonyl (C=O) groups is 1. The lowest BCUT2D eigenvalue weighted by atomic mass is 10.1. The van der Waals surface area contributed by atoms with Crippen LogP contribution < -0.4 is 11.2 Å². The molecule has 0 unspecified atom stereocenters. The molecule has 0 atom stereocenters. The van der Waals surface area contributed by atoms with Crippen LogP contribution >= 0.6 is 0 Å². The highest BCUT2D eigenvalue weighted by atomic mass is 16.4. The Bertz CT molecular complexity index is 943. The molecule has 122 valence electrons.